The maximum absolute atomic E-state index is 12.6. The van der Waals surface area contributed by atoms with Gasteiger partial charge in [0.15, 0.2) is 0 Å². The molecule has 2 amide bonds. The van der Waals surface area contributed by atoms with Gasteiger partial charge in [-0.3, -0.25) is 9.59 Å². The zero-order chi connectivity index (χ0) is 15.1. The molecule has 1 aliphatic rings. The minimum Gasteiger partial charge on any atom is -0.342 e. The van der Waals surface area contributed by atoms with E-state index < -0.39 is 6.04 Å². The molecule has 2 heterocycles. The van der Waals surface area contributed by atoms with Crippen LogP contribution in [0.1, 0.15) is 44.4 Å². The van der Waals surface area contributed by atoms with Crippen LogP contribution in [0.15, 0.2) is 5.38 Å². The maximum Gasteiger partial charge on any atom is 0.246 e. The number of aromatic nitrogens is 1. The van der Waals surface area contributed by atoms with E-state index in [9.17, 15) is 9.59 Å². The van der Waals surface area contributed by atoms with Crippen molar-refractivity contribution < 1.29 is 9.59 Å². The Labute approximate surface area is 123 Å². The smallest absolute Gasteiger partial charge is 0.246 e. The summed E-state index contributed by atoms with van der Waals surface area (Å²) in [7, 11) is 0. The summed E-state index contributed by atoms with van der Waals surface area (Å²) in [4.78, 5) is 30.6. The summed E-state index contributed by atoms with van der Waals surface area (Å²) in [5.41, 5.74) is 0.641. The molecule has 1 aliphatic heterocycles. The number of rotatable bonds is 2. The average Bonchev–Trinajstić information content (AvgIpc) is 2.76. The molecule has 1 aromatic rings. The van der Waals surface area contributed by atoms with E-state index >= 15 is 0 Å². The molecule has 0 aliphatic carbocycles. The first kappa shape index (κ1) is 15.0. The molecule has 2 rings (SSSR count). The Morgan fingerprint density at radius 1 is 1.45 bits per heavy atom. The molecule has 1 fully saturated rings. The van der Waals surface area contributed by atoms with Crippen molar-refractivity contribution in [1.29, 1.82) is 0 Å². The van der Waals surface area contributed by atoms with Crippen LogP contribution in [0.3, 0.4) is 0 Å². The number of hydrogen-bond acceptors (Lipinski definition) is 4. The SMILES string of the molecule is Cc1csc(C(C)N2CC(=O)NC(C(C)(C)C)C2=O)n1. The van der Waals surface area contributed by atoms with Gasteiger partial charge in [0.2, 0.25) is 11.8 Å². The molecule has 110 valence electrons. The number of piperazine rings is 1. The van der Waals surface area contributed by atoms with Crippen LogP contribution >= 0.6 is 11.3 Å². The monoisotopic (exact) mass is 295 g/mol. The van der Waals surface area contributed by atoms with E-state index in [2.05, 4.69) is 10.3 Å². The molecule has 0 bridgehead atoms. The molecule has 1 aromatic heterocycles. The minimum atomic E-state index is -0.479. The van der Waals surface area contributed by atoms with Crippen LogP contribution in [0.25, 0.3) is 0 Å². The van der Waals surface area contributed by atoms with E-state index in [4.69, 9.17) is 0 Å². The lowest BCUT2D eigenvalue weighted by molar-refractivity contribution is -0.149. The molecule has 2 atom stereocenters. The third-order valence-corrected chi connectivity index (χ3v) is 4.61. The van der Waals surface area contributed by atoms with Crippen molar-refractivity contribution in [2.24, 2.45) is 5.41 Å². The molecular weight excluding hydrogens is 274 g/mol. The van der Waals surface area contributed by atoms with Gasteiger partial charge in [0.1, 0.15) is 17.6 Å². The molecule has 6 heteroatoms. The van der Waals surface area contributed by atoms with E-state index in [0.717, 1.165) is 10.7 Å². The normalized spacial score (nSPS) is 21.9. The fraction of sp³-hybridized carbons (Fsp3) is 0.643. The number of amides is 2. The lowest BCUT2D eigenvalue weighted by atomic mass is 9.84. The number of thiazole rings is 1. The summed E-state index contributed by atoms with van der Waals surface area (Å²) in [5, 5.41) is 5.63. The van der Waals surface area contributed by atoms with Crippen LogP contribution in [0.2, 0.25) is 0 Å². The van der Waals surface area contributed by atoms with E-state index in [0.29, 0.717) is 0 Å². The molecule has 20 heavy (non-hydrogen) atoms. The number of carbonyl (C=O) groups excluding carboxylic acids is 2. The first-order valence-corrected chi connectivity index (χ1v) is 7.60. The lowest BCUT2D eigenvalue weighted by Crippen LogP contribution is -2.62. The molecule has 0 radical (unpaired) electrons. The van der Waals surface area contributed by atoms with Crippen molar-refractivity contribution in [3.63, 3.8) is 0 Å². The van der Waals surface area contributed by atoms with Gasteiger partial charge in [0.25, 0.3) is 0 Å². The second-order valence-electron chi connectivity index (χ2n) is 6.34. The van der Waals surface area contributed by atoms with Crippen LogP contribution in [-0.2, 0) is 9.59 Å². The summed E-state index contributed by atoms with van der Waals surface area (Å²) in [5.74, 6) is -0.137. The van der Waals surface area contributed by atoms with Gasteiger partial charge in [-0.1, -0.05) is 20.8 Å². The highest BCUT2D eigenvalue weighted by atomic mass is 32.1. The van der Waals surface area contributed by atoms with Gasteiger partial charge in [0.05, 0.1) is 6.04 Å². The summed E-state index contributed by atoms with van der Waals surface area (Å²) in [6.45, 7) is 9.82. The Morgan fingerprint density at radius 2 is 2.10 bits per heavy atom. The molecule has 1 saturated heterocycles. The number of nitrogens with zero attached hydrogens (tertiary/aromatic N) is 2. The second kappa shape index (κ2) is 5.16. The standard InChI is InChI=1S/C14H21N3O2S/c1-8-7-20-12(15-8)9(2)17-6-10(18)16-11(13(17)19)14(3,4)5/h7,9,11H,6H2,1-5H3,(H,16,18). The number of nitrogens with one attached hydrogen (secondary N) is 1. The van der Waals surface area contributed by atoms with E-state index in [1.165, 1.54) is 11.3 Å². The first-order chi connectivity index (χ1) is 9.20. The summed E-state index contributed by atoms with van der Waals surface area (Å²) < 4.78 is 0. The largest absolute Gasteiger partial charge is 0.342 e. The molecule has 0 saturated carbocycles. The fourth-order valence-electron chi connectivity index (χ4n) is 2.28. The first-order valence-electron chi connectivity index (χ1n) is 6.72. The van der Waals surface area contributed by atoms with Gasteiger partial charge in [-0.2, -0.15) is 0 Å². The highest BCUT2D eigenvalue weighted by Gasteiger charge is 2.42. The van der Waals surface area contributed by atoms with Crippen molar-refractivity contribution in [3.8, 4) is 0 Å². The van der Waals surface area contributed by atoms with Crippen LogP contribution in [0.5, 0.6) is 0 Å². The third kappa shape index (κ3) is 2.85. The lowest BCUT2D eigenvalue weighted by Gasteiger charge is -2.40. The Balaban J connectivity index is 2.26. The van der Waals surface area contributed by atoms with Crippen LogP contribution < -0.4 is 5.32 Å². The molecule has 5 nitrogen and oxygen atoms in total. The number of hydrogen-bond donors (Lipinski definition) is 1. The number of carbonyl (C=O) groups is 2. The molecular formula is C14H21N3O2S. The van der Waals surface area contributed by atoms with Gasteiger partial charge >= 0.3 is 0 Å². The van der Waals surface area contributed by atoms with Crippen molar-refractivity contribution in [2.45, 2.75) is 46.7 Å². The van der Waals surface area contributed by atoms with Crippen molar-refractivity contribution in [3.05, 3.63) is 16.1 Å². The molecule has 1 N–H and O–H groups in total. The Kier molecular flexibility index (Phi) is 3.86. The summed E-state index contributed by atoms with van der Waals surface area (Å²) >= 11 is 1.53. The predicted molar refractivity (Wildman–Crippen MR) is 78.4 cm³/mol. The van der Waals surface area contributed by atoms with Crippen LogP contribution in [-0.4, -0.2) is 34.3 Å². The number of aryl methyl sites for hydroxylation is 1. The molecule has 0 spiro atoms. The average molecular weight is 295 g/mol. The predicted octanol–water partition coefficient (Wildman–Crippen LogP) is 1.89. The molecule has 2 unspecified atom stereocenters. The highest BCUT2D eigenvalue weighted by Crippen LogP contribution is 2.29. The molecule has 0 aromatic carbocycles. The van der Waals surface area contributed by atoms with Crippen molar-refractivity contribution in [2.75, 3.05) is 6.54 Å². The zero-order valence-corrected chi connectivity index (χ0v) is 13.4. The van der Waals surface area contributed by atoms with Gasteiger partial charge in [0, 0.05) is 11.1 Å². The quantitative estimate of drug-likeness (QED) is 0.906. The van der Waals surface area contributed by atoms with Gasteiger partial charge in [-0.25, -0.2) is 4.98 Å². The summed E-state index contributed by atoms with van der Waals surface area (Å²) in [6.07, 6.45) is 0. The van der Waals surface area contributed by atoms with E-state index in [-0.39, 0.29) is 29.8 Å². The van der Waals surface area contributed by atoms with Gasteiger partial charge in [-0.15, -0.1) is 11.3 Å². The zero-order valence-electron chi connectivity index (χ0n) is 12.6. The Hall–Kier alpha value is -1.43. The Bertz CT molecular complexity index is 533. The van der Waals surface area contributed by atoms with E-state index in [1.807, 2.05) is 40.0 Å². The van der Waals surface area contributed by atoms with Crippen molar-refractivity contribution >= 4 is 23.2 Å². The topological polar surface area (TPSA) is 62.3 Å². The third-order valence-electron chi connectivity index (χ3n) is 3.48. The second-order valence-corrected chi connectivity index (χ2v) is 7.23. The van der Waals surface area contributed by atoms with Gasteiger partial charge in [-0.05, 0) is 19.3 Å². The van der Waals surface area contributed by atoms with Gasteiger partial charge < -0.3 is 10.2 Å². The van der Waals surface area contributed by atoms with Crippen molar-refractivity contribution in [1.82, 2.24) is 15.2 Å². The fourth-order valence-corrected chi connectivity index (χ4v) is 3.14. The van der Waals surface area contributed by atoms with Crippen LogP contribution in [0, 0.1) is 12.3 Å². The van der Waals surface area contributed by atoms with Crippen LogP contribution in [0.4, 0.5) is 0 Å². The summed E-state index contributed by atoms with van der Waals surface area (Å²) in [6, 6.07) is -0.649. The highest BCUT2D eigenvalue weighted by molar-refractivity contribution is 7.09. The van der Waals surface area contributed by atoms with E-state index in [1.54, 1.807) is 4.90 Å². The minimum absolute atomic E-state index is 0.0301. The Morgan fingerprint density at radius 3 is 2.60 bits per heavy atom. The maximum atomic E-state index is 12.6.